The zero-order valence-electron chi connectivity index (χ0n) is 11.8. The molecule has 1 rings (SSSR count). The van der Waals surface area contributed by atoms with E-state index in [-0.39, 0.29) is 11.7 Å². The number of ketones is 1. The Morgan fingerprint density at radius 3 is 2.00 bits per heavy atom. The molecule has 0 saturated heterocycles. The van der Waals surface area contributed by atoms with Crippen LogP contribution >= 0.6 is 0 Å². The standard InChI is InChI=1S/C15H19NO4/c1-4-12(17)10-5-7-11(8-6-10)14(18)16-13(9(2)3)15(19)20/h5-9,13H,4H2,1-3H3,(H,16,18)(H,19,20)/t13-/m1/s1. The minimum absolute atomic E-state index is 0.00236. The average Bonchev–Trinajstić information content (AvgIpc) is 2.43. The van der Waals surface area contributed by atoms with Gasteiger partial charge in [-0.25, -0.2) is 4.79 Å². The molecule has 1 aromatic rings. The topological polar surface area (TPSA) is 83.5 Å². The van der Waals surface area contributed by atoms with Gasteiger partial charge in [0, 0.05) is 17.5 Å². The molecule has 0 aliphatic rings. The zero-order chi connectivity index (χ0) is 15.3. The van der Waals surface area contributed by atoms with Crippen molar-refractivity contribution in [2.45, 2.75) is 33.2 Å². The van der Waals surface area contributed by atoms with Gasteiger partial charge >= 0.3 is 5.97 Å². The van der Waals surface area contributed by atoms with Gasteiger partial charge in [0.2, 0.25) is 0 Å². The number of aliphatic carboxylic acids is 1. The Hall–Kier alpha value is -2.17. The molecule has 0 aliphatic carbocycles. The number of amides is 1. The molecule has 1 atom stereocenters. The third-order valence-corrected chi connectivity index (χ3v) is 3.01. The van der Waals surface area contributed by atoms with Gasteiger partial charge in [-0.1, -0.05) is 32.9 Å². The van der Waals surface area contributed by atoms with Crippen LogP contribution in [0.2, 0.25) is 0 Å². The second-order valence-electron chi connectivity index (χ2n) is 4.89. The van der Waals surface area contributed by atoms with Crippen molar-refractivity contribution < 1.29 is 19.5 Å². The zero-order valence-corrected chi connectivity index (χ0v) is 11.8. The first-order valence-electron chi connectivity index (χ1n) is 6.53. The molecule has 0 saturated carbocycles. The Balaban J connectivity index is 2.82. The van der Waals surface area contributed by atoms with Crippen molar-refractivity contribution in [2.24, 2.45) is 5.92 Å². The molecule has 0 bridgehead atoms. The highest BCUT2D eigenvalue weighted by molar-refractivity contribution is 5.99. The summed E-state index contributed by atoms with van der Waals surface area (Å²) >= 11 is 0. The summed E-state index contributed by atoms with van der Waals surface area (Å²) in [5.41, 5.74) is 0.882. The molecule has 1 amide bonds. The maximum Gasteiger partial charge on any atom is 0.326 e. The van der Waals surface area contributed by atoms with E-state index in [2.05, 4.69) is 5.32 Å². The number of carboxylic acid groups (broad SMARTS) is 1. The number of carboxylic acids is 1. The van der Waals surface area contributed by atoms with Crippen molar-refractivity contribution in [1.82, 2.24) is 5.32 Å². The first-order valence-corrected chi connectivity index (χ1v) is 6.53. The van der Waals surface area contributed by atoms with Gasteiger partial charge in [-0.2, -0.15) is 0 Å². The minimum Gasteiger partial charge on any atom is -0.480 e. The summed E-state index contributed by atoms with van der Waals surface area (Å²) in [6, 6.07) is 5.27. The number of benzene rings is 1. The number of carbonyl (C=O) groups is 3. The highest BCUT2D eigenvalue weighted by Gasteiger charge is 2.23. The summed E-state index contributed by atoms with van der Waals surface area (Å²) in [6.07, 6.45) is 0.403. The van der Waals surface area contributed by atoms with Crippen LogP contribution in [-0.2, 0) is 4.79 Å². The van der Waals surface area contributed by atoms with Gasteiger partial charge in [-0.15, -0.1) is 0 Å². The summed E-state index contributed by atoms with van der Waals surface area (Å²) in [5, 5.41) is 11.5. The van der Waals surface area contributed by atoms with Crippen molar-refractivity contribution in [3.63, 3.8) is 0 Å². The molecule has 0 aliphatic heterocycles. The van der Waals surface area contributed by atoms with Gasteiger partial charge in [0.05, 0.1) is 0 Å². The first-order chi connectivity index (χ1) is 9.36. The van der Waals surface area contributed by atoms with Gasteiger partial charge < -0.3 is 10.4 Å². The molecule has 0 radical (unpaired) electrons. The Kier molecular flexibility index (Phi) is 5.43. The van der Waals surface area contributed by atoms with Crippen LogP contribution in [0, 0.1) is 5.92 Å². The fourth-order valence-corrected chi connectivity index (χ4v) is 1.75. The first kappa shape index (κ1) is 15.9. The van der Waals surface area contributed by atoms with Crippen LogP contribution in [-0.4, -0.2) is 28.8 Å². The van der Waals surface area contributed by atoms with Gasteiger partial charge in [-0.3, -0.25) is 9.59 Å². The van der Waals surface area contributed by atoms with Crippen LogP contribution in [0.15, 0.2) is 24.3 Å². The number of rotatable bonds is 6. The molecule has 0 aromatic heterocycles. The van der Waals surface area contributed by atoms with Gasteiger partial charge in [0.25, 0.3) is 5.91 Å². The lowest BCUT2D eigenvalue weighted by Crippen LogP contribution is -2.44. The number of hydrogen-bond acceptors (Lipinski definition) is 3. The molecule has 1 aromatic carbocycles. The maximum absolute atomic E-state index is 12.0. The third kappa shape index (κ3) is 3.91. The second kappa shape index (κ2) is 6.84. The van der Waals surface area contributed by atoms with Crippen molar-refractivity contribution in [3.8, 4) is 0 Å². The normalized spacial score (nSPS) is 12.0. The molecule has 0 spiro atoms. The lowest BCUT2D eigenvalue weighted by Gasteiger charge is -2.17. The van der Waals surface area contributed by atoms with E-state index >= 15 is 0 Å². The van der Waals surface area contributed by atoms with E-state index in [1.165, 1.54) is 12.1 Å². The molecule has 0 unspecified atom stereocenters. The van der Waals surface area contributed by atoms with E-state index in [0.717, 1.165) is 0 Å². The lowest BCUT2D eigenvalue weighted by molar-refractivity contribution is -0.140. The van der Waals surface area contributed by atoms with E-state index < -0.39 is 17.9 Å². The summed E-state index contributed by atoms with van der Waals surface area (Å²) in [4.78, 5) is 34.5. The van der Waals surface area contributed by atoms with Gasteiger partial charge in [-0.05, 0) is 18.1 Å². The molecule has 0 heterocycles. The predicted molar refractivity (Wildman–Crippen MR) is 74.8 cm³/mol. The van der Waals surface area contributed by atoms with Crippen LogP contribution in [0.1, 0.15) is 47.9 Å². The Bertz CT molecular complexity index is 505. The highest BCUT2D eigenvalue weighted by atomic mass is 16.4. The third-order valence-electron chi connectivity index (χ3n) is 3.01. The monoisotopic (exact) mass is 277 g/mol. The maximum atomic E-state index is 12.0. The summed E-state index contributed by atoms with van der Waals surface area (Å²) < 4.78 is 0. The van der Waals surface area contributed by atoms with Crippen molar-refractivity contribution in [3.05, 3.63) is 35.4 Å². The van der Waals surface area contributed by atoms with E-state index in [9.17, 15) is 14.4 Å². The minimum atomic E-state index is -1.06. The lowest BCUT2D eigenvalue weighted by atomic mass is 10.0. The van der Waals surface area contributed by atoms with E-state index in [1.54, 1.807) is 32.9 Å². The van der Waals surface area contributed by atoms with Crippen LogP contribution in [0.5, 0.6) is 0 Å². The largest absolute Gasteiger partial charge is 0.480 e. The Labute approximate surface area is 118 Å². The van der Waals surface area contributed by atoms with Crippen LogP contribution in [0.3, 0.4) is 0 Å². The van der Waals surface area contributed by atoms with Crippen LogP contribution in [0.25, 0.3) is 0 Å². The fourth-order valence-electron chi connectivity index (χ4n) is 1.75. The molecule has 108 valence electrons. The summed E-state index contributed by atoms with van der Waals surface area (Å²) in [7, 11) is 0. The Morgan fingerprint density at radius 1 is 1.10 bits per heavy atom. The van der Waals surface area contributed by atoms with Crippen LogP contribution in [0.4, 0.5) is 0 Å². The van der Waals surface area contributed by atoms with Gasteiger partial charge in [0.15, 0.2) is 5.78 Å². The molecular weight excluding hydrogens is 258 g/mol. The molecule has 2 N–H and O–H groups in total. The van der Waals surface area contributed by atoms with E-state index in [0.29, 0.717) is 17.5 Å². The Morgan fingerprint density at radius 2 is 1.60 bits per heavy atom. The summed E-state index contributed by atoms with van der Waals surface area (Å²) in [6.45, 7) is 5.22. The quantitative estimate of drug-likeness (QED) is 0.780. The fraction of sp³-hybridized carbons (Fsp3) is 0.400. The van der Waals surface area contributed by atoms with Crippen molar-refractivity contribution in [1.29, 1.82) is 0 Å². The molecule has 5 heteroatoms. The smallest absolute Gasteiger partial charge is 0.326 e. The summed E-state index contributed by atoms with van der Waals surface area (Å²) in [5.74, 6) is -1.73. The van der Waals surface area contributed by atoms with Crippen LogP contribution < -0.4 is 5.32 Å². The molecule has 0 fully saturated rings. The molecular formula is C15H19NO4. The van der Waals surface area contributed by atoms with E-state index in [4.69, 9.17) is 5.11 Å². The number of nitrogens with one attached hydrogen (secondary N) is 1. The van der Waals surface area contributed by atoms with Crippen molar-refractivity contribution >= 4 is 17.7 Å². The number of hydrogen-bond donors (Lipinski definition) is 2. The predicted octanol–water partition coefficient (Wildman–Crippen LogP) is 2.12. The molecule has 5 nitrogen and oxygen atoms in total. The second-order valence-corrected chi connectivity index (χ2v) is 4.89. The molecule has 20 heavy (non-hydrogen) atoms. The average molecular weight is 277 g/mol. The van der Waals surface area contributed by atoms with E-state index in [1.807, 2.05) is 0 Å². The SMILES string of the molecule is CCC(=O)c1ccc(C(=O)N[C@@H](C(=O)O)C(C)C)cc1. The highest BCUT2D eigenvalue weighted by Crippen LogP contribution is 2.09. The number of Topliss-reactive ketones (excluding diaryl/α,β-unsaturated/α-hetero) is 1. The van der Waals surface area contributed by atoms with Crippen molar-refractivity contribution in [2.75, 3.05) is 0 Å². The number of carbonyl (C=O) groups excluding carboxylic acids is 2. The van der Waals surface area contributed by atoms with Gasteiger partial charge in [0.1, 0.15) is 6.04 Å².